The summed E-state index contributed by atoms with van der Waals surface area (Å²) in [5, 5.41) is 1.10. The van der Waals surface area contributed by atoms with Crippen molar-refractivity contribution in [3.8, 4) is 0 Å². The molecule has 0 bridgehead atoms. The fourth-order valence-corrected chi connectivity index (χ4v) is 1.49. The van der Waals surface area contributed by atoms with Gasteiger partial charge >= 0.3 is 0 Å². The minimum atomic E-state index is 0.175. The molecule has 0 radical (unpaired) electrons. The molecule has 0 amide bonds. The SMILES string of the molecule is O=CCOCCc1ccc2occc2c1. The number of fused-ring (bicyclic) bond motifs is 1. The molecule has 0 aliphatic carbocycles. The molecular weight excluding hydrogens is 192 g/mol. The van der Waals surface area contributed by atoms with Gasteiger partial charge < -0.3 is 13.9 Å². The average molecular weight is 204 g/mol. The fourth-order valence-electron chi connectivity index (χ4n) is 1.49. The van der Waals surface area contributed by atoms with E-state index < -0.39 is 0 Å². The molecule has 3 heteroatoms. The lowest BCUT2D eigenvalue weighted by atomic mass is 10.1. The van der Waals surface area contributed by atoms with Crippen LogP contribution in [-0.4, -0.2) is 19.5 Å². The molecule has 15 heavy (non-hydrogen) atoms. The predicted molar refractivity (Wildman–Crippen MR) is 56.8 cm³/mol. The molecule has 0 saturated heterocycles. The van der Waals surface area contributed by atoms with Crippen molar-refractivity contribution in [2.75, 3.05) is 13.2 Å². The summed E-state index contributed by atoms with van der Waals surface area (Å²) in [5.74, 6) is 0. The van der Waals surface area contributed by atoms with Crippen molar-refractivity contribution in [3.63, 3.8) is 0 Å². The van der Waals surface area contributed by atoms with Gasteiger partial charge in [-0.25, -0.2) is 0 Å². The number of benzene rings is 1. The molecule has 1 heterocycles. The molecule has 1 aromatic carbocycles. The Bertz CT molecular complexity index is 445. The van der Waals surface area contributed by atoms with Gasteiger partial charge in [0.15, 0.2) is 0 Å². The Morgan fingerprint density at radius 3 is 3.13 bits per heavy atom. The van der Waals surface area contributed by atoms with Crippen molar-refractivity contribution in [2.45, 2.75) is 6.42 Å². The molecule has 0 atom stereocenters. The third kappa shape index (κ3) is 2.44. The lowest BCUT2D eigenvalue weighted by molar-refractivity contribution is -0.111. The molecular formula is C12H12O3. The lowest BCUT2D eigenvalue weighted by Crippen LogP contribution is -2.00. The number of hydrogen-bond acceptors (Lipinski definition) is 3. The van der Waals surface area contributed by atoms with Gasteiger partial charge in [-0.3, -0.25) is 0 Å². The molecule has 3 nitrogen and oxygen atoms in total. The second-order valence-electron chi connectivity index (χ2n) is 3.28. The summed E-state index contributed by atoms with van der Waals surface area (Å²) in [7, 11) is 0. The highest BCUT2D eigenvalue weighted by Gasteiger charge is 1.98. The van der Waals surface area contributed by atoms with Gasteiger partial charge in [0, 0.05) is 5.39 Å². The Morgan fingerprint density at radius 2 is 2.27 bits per heavy atom. The van der Waals surface area contributed by atoms with E-state index in [1.165, 1.54) is 5.56 Å². The summed E-state index contributed by atoms with van der Waals surface area (Å²) in [5.41, 5.74) is 2.09. The number of carbonyl (C=O) groups is 1. The van der Waals surface area contributed by atoms with E-state index in [0.717, 1.165) is 23.7 Å². The molecule has 78 valence electrons. The third-order valence-corrected chi connectivity index (χ3v) is 2.24. The van der Waals surface area contributed by atoms with E-state index in [4.69, 9.17) is 9.15 Å². The van der Waals surface area contributed by atoms with Crippen molar-refractivity contribution < 1.29 is 13.9 Å². The zero-order valence-corrected chi connectivity index (χ0v) is 8.31. The quantitative estimate of drug-likeness (QED) is 0.553. The zero-order valence-electron chi connectivity index (χ0n) is 8.31. The Balaban J connectivity index is 1.98. The lowest BCUT2D eigenvalue weighted by Gasteiger charge is -2.01. The van der Waals surface area contributed by atoms with E-state index in [2.05, 4.69) is 6.07 Å². The average Bonchev–Trinajstić information content (AvgIpc) is 2.71. The molecule has 2 rings (SSSR count). The van der Waals surface area contributed by atoms with Gasteiger partial charge in [0.05, 0.1) is 12.9 Å². The maximum Gasteiger partial charge on any atom is 0.145 e. The van der Waals surface area contributed by atoms with Crippen molar-refractivity contribution in [2.24, 2.45) is 0 Å². The minimum absolute atomic E-state index is 0.175. The van der Waals surface area contributed by atoms with Crippen LogP contribution in [-0.2, 0) is 16.0 Å². The van der Waals surface area contributed by atoms with Crippen molar-refractivity contribution in [1.82, 2.24) is 0 Å². The number of ether oxygens (including phenoxy) is 1. The van der Waals surface area contributed by atoms with Crippen LogP contribution in [0, 0.1) is 0 Å². The van der Waals surface area contributed by atoms with Crippen molar-refractivity contribution in [3.05, 3.63) is 36.1 Å². The third-order valence-electron chi connectivity index (χ3n) is 2.24. The first-order valence-corrected chi connectivity index (χ1v) is 4.87. The topological polar surface area (TPSA) is 39.4 Å². The molecule has 0 spiro atoms. The first-order valence-electron chi connectivity index (χ1n) is 4.87. The van der Waals surface area contributed by atoms with Gasteiger partial charge in [0.25, 0.3) is 0 Å². The van der Waals surface area contributed by atoms with E-state index >= 15 is 0 Å². The molecule has 0 N–H and O–H groups in total. The maximum absolute atomic E-state index is 10.0. The number of furan rings is 1. The van der Waals surface area contributed by atoms with Crippen LogP contribution >= 0.6 is 0 Å². The van der Waals surface area contributed by atoms with E-state index in [-0.39, 0.29) is 6.61 Å². The smallest absolute Gasteiger partial charge is 0.145 e. The molecule has 0 fully saturated rings. The summed E-state index contributed by atoms with van der Waals surface area (Å²) in [6.45, 7) is 0.746. The summed E-state index contributed by atoms with van der Waals surface area (Å²) >= 11 is 0. The van der Waals surface area contributed by atoms with Crippen LogP contribution in [0.25, 0.3) is 11.0 Å². The molecule has 0 saturated carbocycles. The highest BCUT2D eigenvalue weighted by Crippen LogP contribution is 2.17. The molecule has 2 aromatic rings. The number of hydrogen-bond donors (Lipinski definition) is 0. The zero-order chi connectivity index (χ0) is 10.5. The Kier molecular flexibility index (Phi) is 3.15. The number of aldehydes is 1. The van der Waals surface area contributed by atoms with Crippen molar-refractivity contribution in [1.29, 1.82) is 0 Å². The minimum Gasteiger partial charge on any atom is -0.464 e. The van der Waals surface area contributed by atoms with Crippen LogP contribution in [0.4, 0.5) is 0 Å². The van der Waals surface area contributed by atoms with E-state index in [9.17, 15) is 4.79 Å². The standard InChI is InChI=1S/C12H12O3/c13-5-8-14-6-3-10-1-2-12-11(9-10)4-7-15-12/h1-2,4-5,7,9H,3,6,8H2. The van der Waals surface area contributed by atoms with Gasteiger partial charge in [-0.15, -0.1) is 0 Å². The number of rotatable bonds is 5. The maximum atomic E-state index is 10.0. The van der Waals surface area contributed by atoms with Crippen LogP contribution in [0.15, 0.2) is 34.9 Å². The van der Waals surface area contributed by atoms with Gasteiger partial charge in [-0.1, -0.05) is 6.07 Å². The van der Waals surface area contributed by atoms with Gasteiger partial charge in [0.2, 0.25) is 0 Å². The summed E-state index contributed by atoms with van der Waals surface area (Å²) in [4.78, 5) is 10.0. The van der Waals surface area contributed by atoms with Crippen LogP contribution in [0.3, 0.4) is 0 Å². The summed E-state index contributed by atoms with van der Waals surface area (Å²) in [6, 6.07) is 7.97. The second kappa shape index (κ2) is 4.75. The number of carbonyl (C=O) groups excluding carboxylic acids is 1. The van der Waals surface area contributed by atoms with Crippen molar-refractivity contribution >= 4 is 17.3 Å². The van der Waals surface area contributed by atoms with Gasteiger partial charge in [0.1, 0.15) is 18.5 Å². The fraction of sp³-hybridized carbons (Fsp3) is 0.250. The molecule has 0 aliphatic heterocycles. The van der Waals surface area contributed by atoms with E-state index in [1.54, 1.807) is 6.26 Å². The van der Waals surface area contributed by atoms with Crippen LogP contribution < -0.4 is 0 Å². The first-order chi connectivity index (χ1) is 7.40. The van der Waals surface area contributed by atoms with E-state index in [0.29, 0.717) is 6.61 Å². The Labute approximate surface area is 87.6 Å². The Morgan fingerprint density at radius 1 is 1.33 bits per heavy atom. The first kappa shape index (κ1) is 9.93. The van der Waals surface area contributed by atoms with Crippen LogP contribution in [0.5, 0.6) is 0 Å². The molecule has 0 aliphatic rings. The highest BCUT2D eigenvalue weighted by molar-refractivity contribution is 5.77. The summed E-state index contributed by atoms with van der Waals surface area (Å²) < 4.78 is 10.3. The van der Waals surface area contributed by atoms with E-state index in [1.807, 2.05) is 18.2 Å². The van der Waals surface area contributed by atoms with Gasteiger partial charge in [-0.2, -0.15) is 0 Å². The second-order valence-corrected chi connectivity index (χ2v) is 3.28. The monoisotopic (exact) mass is 204 g/mol. The van der Waals surface area contributed by atoms with Crippen LogP contribution in [0.2, 0.25) is 0 Å². The molecule has 0 unspecified atom stereocenters. The normalized spacial score (nSPS) is 10.7. The highest BCUT2D eigenvalue weighted by atomic mass is 16.5. The summed E-state index contributed by atoms with van der Waals surface area (Å²) in [6.07, 6.45) is 3.26. The van der Waals surface area contributed by atoms with Gasteiger partial charge in [-0.05, 0) is 30.2 Å². The van der Waals surface area contributed by atoms with Crippen LogP contribution in [0.1, 0.15) is 5.56 Å². The predicted octanol–water partition coefficient (Wildman–Crippen LogP) is 2.19. The Hall–Kier alpha value is -1.61. The largest absolute Gasteiger partial charge is 0.464 e. The molecule has 1 aromatic heterocycles.